The van der Waals surface area contributed by atoms with Crippen molar-refractivity contribution in [3.63, 3.8) is 0 Å². The fraction of sp³-hybridized carbons (Fsp3) is 0.800. The molecule has 0 aromatic carbocycles. The lowest BCUT2D eigenvalue weighted by molar-refractivity contribution is -0.141. The van der Waals surface area contributed by atoms with Gasteiger partial charge in [-0.1, -0.05) is 19.8 Å². The van der Waals surface area contributed by atoms with Crippen LogP contribution in [0, 0.1) is 0 Å². The van der Waals surface area contributed by atoms with Crippen LogP contribution in [0.1, 0.15) is 39.5 Å². The van der Waals surface area contributed by atoms with Gasteiger partial charge in [-0.15, -0.1) is 0 Å². The van der Waals surface area contributed by atoms with Crippen LogP contribution in [0.2, 0.25) is 0 Å². The average molecular weight is 183 g/mol. The molecule has 1 heterocycles. The van der Waals surface area contributed by atoms with E-state index in [4.69, 9.17) is 0 Å². The number of nitrogens with zero attached hydrogens (tertiary/aromatic N) is 1. The number of hydrogen-bond acceptors (Lipinski definition) is 2. The van der Waals surface area contributed by atoms with Crippen molar-refractivity contribution >= 4 is 11.7 Å². The summed E-state index contributed by atoms with van der Waals surface area (Å²) in [6.07, 6.45) is 3.68. The minimum Gasteiger partial charge on any atom is -0.333 e. The van der Waals surface area contributed by atoms with Gasteiger partial charge in [-0.25, -0.2) is 0 Å². The van der Waals surface area contributed by atoms with Crippen molar-refractivity contribution < 1.29 is 9.59 Å². The summed E-state index contributed by atoms with van der Waals surface area (Å²) in [4.78, 5) is 24.0. The summed E-state index contributed by atoms with van der Waals surface area (Å²) in [5.41, 5.74) is 0. The maximum atomic E-state index is 11.3. The molecule has 0 spiro atoms. The minimum absolute atomic E-state index is 0.219. The highest BCUT2D eigenvalue weighted by molar-refractivity contribution is 6.37. The van der Waals surface area contributed by atoms with Gasteiger partial charge in [0.15, 0.2) is 0 Å². The van der Waals surface area contributed by atoms with Gasteiger partial charge in [0, 0.05) is 19.0 Å². The number of carbonyl (C=O) groups is 2. The first-order chi connectivity index (χ1) is 6.16. The van der Waals surface area contributed by atoms with Crippen LogP contribution in [0.15, 0.2) is 0 Å². The Bertz CT molecular complexity index is 213. The van der Waals surface area contributed by atoms with Crippen molar-refractivity contribution in [3.05, 3.63) is 0 Å². The fourth-order valence-electron chi connectivity index (χ4n) is 1.67. The normalized spacial score (nSPS) is 19.7. The molecule has 1 atom stereocenters. The molecule has 3 nitrogen and oxygen atoms in total. The lowest BCUT2D eigenvalue weighted by Gasteiger charge is -2.22. The molecular weight excluding hydrogens is 166 g/mol. The molecule has 74 valence electrons. The van der Waals surface area contributed by atoms with Crippen molar-refractivity contribution in [2.24, 2.45) is 0 Å². The number of ketones is 1. The predicted molar refractivity (Wildman–Crippen MR) is 50.3 cm³/mol. The Kier molecular flexibility index (Phi) is 3.46. The average Bonchev–Trinajstić information content (AvgIpc) is 2.44. The number of unbranched alkanes of at least 4 members (excludes halogenated alkanes) is 1. The molecular formula is C10H17NO2. The van der Waals surface area contributed by atoms with Crippen molar-refractivity contribution in [3.8, 4) is 0 Å². The lowest BCUT2D eigenvalue weighted by Crippen LogP contribution is -2.35. The van der Waals surface area contributed by atoms with E-state index in [1.165, 1.54) is 0 Å². The lowest BCUT2D eigenvalue weighted by atomic mass is 10.1. The van der Waals surface area contributed by atoms with E-state index >= 15 is 0 Å². The Morgan fingerprint density at radius 1 is 1.46 bits per heavy atom. The zero-order valence-electron chi connectivity index (χ0n) is 8.38. The van der Waals surface area contributed by atoms with Gasteiger partial charge in [0.25, 0.3) is 5.91 Å². The first-order valence-corrected chi connectivity index (χ1v) is 5.00. The number of Topliss-reactive ketones (excluding diaryl/α,β-unsaturated/α-hetero) is 1. The monoisotopic (exact) mass is 183 g/mol. The third-order valence-corrected chi connectivity index (χ3v) is 2.59. The number of carbonyl (C=O) groups excluding carboxylic acids is 2. The zero-order valence-corrected chi connectivity index (χ0v) is 8.38. The van der Waals surface area contributed by atoms with Gasteiger partial charge in [0.05, 0.1) is 0 Å². The second-order valence-electron chi connectivity index (χ2n) is 3.66. The highest BCUT2D eigenvalue weighted by atomic mass is 16.2. The van der Waals surface area contributed by atoms with Crippen LogP contribution in [-0.2, 0) is 9.59 Å². The van der Waals surface area contributed by atoms with Crippen LogP contribution in [0.3, 0.4) is 0 Å². The van der Waals surface area contributed by atoms with Crippen LogP contribution < -0.4 is 0 Å². The summed E-state index contributed by atoms with van der Waals surface area (Å²) < 4.78 is 0. The molecule has 1 unspecified atom stereocenters. The third-order valence-electron chi connectivity index (χ3n) is 2.59. The van der Waals surface area contributed by atoms with Gasteiger partial charge in [0.2, 0.25) is 5.78 Å². The third kappa shape index (κ3) is 2.29. The molecule has 0 N–H and O–H groups in total. The molecule has 1 aliphatic rings. The molecule has 0 bridgehead atoms. The summed E-state index contributed by atoms with van der Waals surface area (Å²) in [5.74, 6) is -0.494. The quantitative estimate of drug-likeness (QED) is 0.617. The van der Waals surface area contributed by atoms with E-state index in [9.17, 15) is 9.59 Å². The highest BCUT2D eigenvalue weighted by Gasteiger charge is 2.31. The standard InChI is InChI=1S/C10H17NO2/c1-3-4-5-8(2)11-7-6-9(12)10(11)13/h8H,3-7H2,1-2H3. The number of likely N-dealkylation sites (tertiary alicyclic amines) is 1. The van der Waals surface area contributed by atoms with Crippen molar-refractivity contribution in [2.75, 3.05) is 6.54 Å². The Labute approximate surface area is 79.1 Å². The number of rotatable bonds is 4. The predicted octanol–water partition coefficient (Wildman–Crippen LogP) is 1.37. The molecule has 1 amide bonds. The van der Waals surface area contributed by atoms with Gasteiger partial charge >= 0.3 is 0 Å². The number of hydrogen-bond donors (Lipinski definition) is 0. The molecule has 1 saturated heterocycles. The maximum Gasteiger partial charge on any atom is 0.290 e. The minimum atomic E-state index is -0.274. The Morgan fingerprint density at radius 3 is 2.62 bits per heavy atom. The smallest absolute Gasteiger partial charge is 0.290 e. The fourth-order valence-corrected chi connectivity index (χ4v) is 1.67. The second-order valence-corrected chi connectivity index (χ2v) is 3.66. The molecule has 0 radical (unpaired) electrons. The van der Waals surface area contributed by atoms with Crippen LogP contribution in [0.25, 0.3) is 0 Å². The molecule has 13 heavy (non-hydrogen) atoms. The van der Waals surface area contributed by atoms with Crippen molar-refractivity contribution in [1.82, 2.24) is 4.90 Å². The topological polar surface area (TPSA) is 37.4 Å². The van der Waals surface area contributed by atoms with Gasteiger partial charge in [-0.05, 0) is 13.3 Å². The van der Waals surface area contributed by atoms with E-state index < -0.39 is 0 Å². The molecule has 1 rings (SSSR count). The Balaban J connectivity index is 2.43. The summed E-state index contributed by atoms with van der Waals surface area (Å²) in [5, 5.41) is 0. The highest BCUT2D eigenvalue weighted by Crippen LogP contribution is 2.14. The maximum absolute atomic E-state index is 11.3. The molecule has 0 aromatic heterocycles. The summed E-state index contributed by atoms with van der Waals surface area (Å²) in [6.45, 7) is 4.78. The molecule has 0 aliphatic carbocycles. The molecule has 3 heteroatoms. The van der Waals surface area contributed by atoms with Crippen LogP contribution >= 0.6 is 0 Å². The molecule has 0 saturated carbocycles. The molecule has 0 aromatic rings. The first-order valence-electron chi connectivity index (χ1n) is 5.00. The van der Waals surface area contributed by atoms with Gasteiger partial charge in [0.1, 0.15) is 0 Å². The number of amides is 1. The zero-order chi connectivity index (χ0) is 9.84. The van der Waals surface area contributed by atoms with Gasteiger partial charge < -0.3 is 4.90 Å². The van der Waals surface area contributed by atoms with E-state index in [1.807, 2.05) is 6.92 Å². The van der Waals surface area contributed by atoms with E-state index in [0.717, 1.165) is 19.3 Å². The van der Waals surface area contributed by atoms with Gasteiger partial charge in [-0.3, -0.25) is 9.59 Å². The van der Waals surface area contributed by atoms with E-state index in [0.29, 0.717) is 13.0 Å². The van der Waals surface area contributed by atoms with Crippen molar-refractivity contribution in [2.45, 2.75) is 45.6 Å². The van der Waals surface area contributed by atoms with Crippen LogP contribution in [0.4, 0.5) is 0 Å². The molecule has 1 fully saturated rings. The van der Waals surface area contributed by atoms with E-state index in [1.54, 1.807) is 4.90 Å². The Hall–Kier alpha value is -0.860. The summed E-state index contributed by atoms with van der Waals surface area (Å²) >= 11 is 0. The van der Waals surface area contributed by atoms with E-state index in [2.05, 4.69) is 6.92 Å². The molecule has 1 aliphatic heterocycles. The summed E-state index contributed by atoms with van der Waals surface area (Å²) in [6, 6.07) is 0.235. The SMILES string of the molecule is CCCCC(C)N1CCC(=O)C1=O. The Morgan fingerprint density at radius 2 is 2.15 bits per heavy atom. The van der Waals surface area contributed by atoms with Crippen molar-refractivity contribution in [1.29, 1.82) is 0 Å². The van der Waals surface area contributed by atoms with E-state index in [-0.39, 0.29) is 17.7 Å². The largest absolute Gasteiger partial charge is 0.333 e. The van der Waals surface area contributed by atoms with Gasteiger partial charge in [-0.2, -0.15) is 0 Å². The van der Waals surface area contributed by atoms with Crippen LogP contribution in [0.5, 0.6) is 0 Å². The second kappa shape index (κ2) is 4.40. The first kappa shape index (κ1) is 10.2. The summed E-state index contributed by atoms with van der Waals surface area (Å²) in [7, 11) is 0. The van der Waals surface area contributed by atoms with Crippen LogP contribution in [-0.4, -0.2) is 29.2 Å².